The SMILES string of the molecule is CC1=C(C)C(C)(C2=CCC(C)(C3=CC=CC3)C=C2)C2[CH-]CCC2C1.[CH2-]CCC.[CH2-]CCC.[Zr+3]. The van der Waals surface area contributed by atoms with E-state index in [4.69, 9.17) is 0 Å². The number of hydrogen-bond acceptors (Lipinski definition) is 0. The Morgan fingerprint density at radius 2 is 1.73 bits per heavy atom. The Hall–Kier alpha value is -0.417. The monoisotopic (exact) mass is 523 g/mol. The summed E-state index contributed by atoms with van der Waals surface area (Å²) >= 11 is 0. The molecule has 0 nitrogen and oxygen atoms in total. The Bertz CT molecular complexity index is 753. The van der Waals surface area contributed by atoms with Crippen LogP contribution in [0.1, 0.15) is 99.3 Å². The summed E-state index contributed by atoms with van der Waals surface area (Å²) in [4.78, 5) is 0. The molecule has 0 heterocycles. The van der Waals surface area contributed by atoms with Gasteiger partial charge in [0.2, 0.25) is 0 Å². The van der Waals surface area contributed by atoms with Crippen LogP contribution in [-0.2, 0) is 26.2 Å². The molecule has 1 saturated carbocycles. The van der Waals surface area contributed by atoms with Crippen molar-refractivity contribution in [2.24, 2.45) is 22.7 Å². The fourth-order valence-electron chi connectivity index (χ4n) is 5.67. The number of unbranched alkanes of at least 4 members (excludes halogenated alkanes) is 2. The van der Waals surface area contributed by atoms with E-state index in [0.717, 1.165) is 37.5 Å². The summed E-state index contributed by atoms with van der Waals surface area (Å²) in [6.45, 7) is 21.1. The fourth-order valence-corrected chi connectivity index (χ4v) is 5.67. The Kier molecular flexibility index (Phi) is 13.2. The second-order valence-electron chi connectivity index (χ2n) is 10.6. The molecule has 0 aromatic heterocycles. The van der Waals surface area contributed by atoms with Crippen LogP contribution in [0.3, 0.4) is 0 Å². The average molecular weight is 525 g/mol. The van der Waals surface area contributed by atoms with E-state index < -0.39 is 0 Å². The van der Waals surface area contributed by atoms with Crippen LogP contribution in [0.25, 0.3) is 0 Å². The predicted octanol–water partition coefficient (Wildman–Crippen LogP) is 9.98. The number of rotatable bonds is 4. The fraction of sp³-hybridized carbons (Fsp3) is 0.594. The van der Waals surface area contributed by atoms with Gasteiger partial charge in [-0.25, -0.2) is 0 Å². The van der Waals surface area contributed by atoms with Crippen LogP contribution >= 0.6 is 0 Å². The van der Waals surface area contributed by atoms with Crippen molar-refractivity contribution >= 4 is 0 Å². The third-order valence-electron chi connectivity index (χ3n) is 8.31. The third kappa shape index (κ3) is 7.06. The second kappa shape index (κ2) is 14.2. The zero-order valence-electron chi connectivity index (χ0n) is 22.5. The molecule has 1 heteroatoms. The van der Waals surface area contributed by atoms with Gasteiger partial charge in [-0.2, -0.15) is 25.2 Å². The molecule has 0 aliphatic heterocycles. The van der Waals surface area contributed by atoms with Gasteiger partial charge in [0.15, 0.2) is 0 Å². The predicted molar refractivity (Wildman–Crippen MR) is 144 cm³/mol. The molecule has 0 bridgehead atoms. The maximum absolute atomic E-state index is 3.60. The van der Waals surface area contributed by atoms with Crippen LogP contribution in [-0.4, -0.2) is 0 Å². The van der Waals surface area contributed by atoms with Gasteiger partial charge in [0, 0.05) is 5.41 Å². The van der Waals surface area contributed by atoms with Gasteiger partial charge in [-0.1, -0.05) is 106 Å². The van der Waals surface area contributed by atoms with Crippen LogP contribution < -0.4 is 0 Å². The molecule has 33 heavy (non-hydrogen) atoms. The Morgan fingerprint density at radius 3 is 2.21 bits per heavy atom. The van der Waals surface area contributed by atoms with E-state index in [9.17, 15) is 0 Å². The maximum atomic E-state index is 3.60. The Balaban J connectivity index is 0.000000529. The van der Waals surface area contributed by atoms with Crippen LogP contribution in [0.4, 0.5) is 0 Å². The van der Waals surface area contributed by atoms with Gasteiger partial charge < -0.3 is 20.3 Å². The molecule has 181 valence electrons. The van der Waals surface area contributed by atoms with Crippen molar-refractivity contribution < 1.29 is 26.2 Å². The minimum atomic E-state index is 0. The molecule has 4 aliphatic rings. The quantitative estimate of drug-likeness (QED) is 0.253. The molecule has 4 rings (SSSR count). The average Bonchev–Trinajstić information content (AvgIpc) is 3.51. The number of hydrogen-bond donors (Lipinski definition) is 0. The first-order chi connectivity index (χ1) is 15.3. The summed E-state index contributed by atoms with van der Waals surface area (Å²) in [7, 11) is 0. The summed E-state index contributed by atoms with van der Waals surface area (Å²) < 4.78 is 0. The van der Waals surface area contributed by atoms with Crippen molar-refractivity contribution in [1.82, 2.24) is 0 Å². The van der Waals surface area contributed by atoms with Gasteiger partial charge in [0.1, 0.15) is 0 Å². The van der Waals surface area contributed by atoms with Crippen molar-refractivity contribution in [2.75, 3.05) is 0 Å². The van der Waals surface area contributed by atoms with Crippen molar-refractivity contribution in [3.63, 3.8) is 0 Å². The minimum absolute atomic E-state index is 0. The van der Waals surface area contributed by atoms with Crippen molar-refractivity contribution in [3.05, 3.63) is 79.0 Å². The molecule has 4 atom stereocenters. The Labute approximate surface area is 226 Å². The largest absolute Gasteiger partial charge is 3.00 e. The van der Waals surface area contributed by atoms with Crippen LogP contribution in [0, 0.1) is 42.9 Å². The smallest absolute Gasteiger partial charge is 0.343 e. The molecule has 0 amide bonds. The topological polar surface area (TPSA) is 0 Å². The van der Waals surface area contributed by atoms with Crippen molar-refractivity contribution in [2.45, 2.75) is 99.3 Å². The molecule has 0 aromatic rings. The van der Waals surface area contributed by atoms with Crippen LogP contribution in [0.15, 0.2) is 58.7 Å². The van der Waals surface area contributed by atoms with Crippen LogP contribution in [0.5, 0.6) is 0 Å². The summed E-state index contributed by atoms with van der Waals surface area (Å²) in [5.41, 5.74) is 6.82. The van der Waals surface area contributed by atoms with Gasteiger partial charge in [-0.05, 0) is 44.1 Å². The van der Waals surface area contributed by atoms with E-state index in [1.165, 1.54) is 32.1 Å². The number of allylic oxidation sites excluding steroid dienone is 10. The number of fused-ring (bicyclic) bond motifs is 1. The van der Waals surface area contributed by atoms with Crippen molar-refractivity contribution in [3.8, 4) is 0 Å². The molecule has 0 spiro atoms. The van der Waals surface area contributed by atoms with E-state index in [1.807, 2.05) is 0 Å². The molecule has 0 N–H and O–H groups in total. The molecular weight excluding hydrogens is 476 g/mol. The second-order valence-corrected chi connectivity index (χ2v) is 10.6. The zero-order chi connectivity index (χ0) is 23.8. The summed E-state index contributed by atoms with van der Waals surface area (Å²) in [5, 5.41) is 0. The van der Waals surface area contributed by atoms with Gasteiger partial charge >= 0.3 is 26.2 Å². The first-order valence-electron chi connectivity index (χ1n) is 13.1. The van der Waals surface area contributed by atoms with E-state index in [-0.39, 0.29) is 37.0 Å². The molecule has 1 radical (unpaired) electrons. The van der Waals surface area contributed by atoms with E-state index >= 15 is 0 Å². The van der Waals surface area contributed by atoms with Gasteiger partial charge in [-0.3, -0.25) is 0 Å². The molecular formula is C32H49Zr. The van der Waals surface area contributed by atoms with Gasteiger partial charge in [0.25, 0.3) is 0 Å². The van der Waals surface area contributed by atoms with E-state index in [1.54, 1.807) is 22.3 Å². The standard InChI is InChI=1S/C24H31.2C4H9.Zr/c1-17-16-19-8-7-11-22(19)24(4,18(17)2)21-12-14-23(3,15-13-21)20-9-5-6-10-20;2*1-3-4-2;/h5-6,9,11-14,19,22H,7-8,10,15-16H2,1-4H3;2*1,3-4H2,2H3;/q3*-1;+3. The first-order valence-corrected chi connectivity index (χ1v) is 13.1. The summed E-state index contributed by atoms with van der Waals surface area (Å²) in [6.07, 6.45) is 27.8. The van der Waals surface area contributed by atoms with Crippen molar-refractivity contribution in [1.29, 1.82) is 0 Å². The van der Waals surface area contributed by atoms with Gasteiger partial charge in [-0.15, -0.1) is 0 Å². The molecule has 0 saturated heterocycles. The minimum Gasteiger partial charge on any atom is -0.343 e. The van der Waals surface area contributed by atoms with E-state index in [2.05, 4.69) is 98.3 Å². The maximum Gasteiger partial charge on any atom is 3.00 e. The molecule has 4 aliphatic carbocycles. The third-order valence-corrected chi connectivity index (χ3v) is 8.31. The van der Waals surface area contributed by atoms with E-state index in [0.29, 0.717) is 0 Å². The zero-order valence-corrected chi connectivity index (χ0v) is 24.9. The molecule has 4 unspecified atom stereocenters. The van der Waals surface area contributed by atoms with Crippen LogP contribution in [0.2, 0.25) is 0 Å². The summed E-state index contributed by atoms with van der Waals surface area (Å²) in [5.74, 6) is 1.59. The summed E-state index contributed by atoms with van der Waals surface area (Å²) in [6, 6.07) is 0. The molecule has 0 aromatic carbocycles. The molecule has 1 fully saturated rings. The normalized spacial score (nSPS) is 32.0. The van der Waals surface area contributed by atoms with Gasteiger partial charge in [0.05, 0.1) is 0 Å². The first kappa shape index (κ1) is 30.6. The Morgan fingerprint density at radius 1 is 1.09 bits per heavy atom.